The van der Waals surface area contributed by atoms with Crippen LogP contribution in [0.2, 0.25) is 10.0 Å². The third-order valence-corrected chi connectivity index (χ3v) is 11.1. The van der Waals surface area contributed by atoms with Crippen molar-refractivity contribution in [3.63, 3.8) is 0 Å². The Labute approximate surface area is 381 Å². The van der Waals surface area contributed by atoms with Crippen molar-refractivity contribution < 1.29 is 39.1 Å². The fourth-order valence-electron chi connectivity index (χ4n) is 6.95. The number of hydrogen-bond acceptors (Lipinski definition) is 12. The lowest BCUT2D eigenvalue weighted by molar-refractivity contribution is -0.140. The lowest BCUT2D eigenvalue weighted by Gasteiger charge is -2.19. The van der Waals surface area contributed by atoms with E-state index in [4.69, 9.17) is 47.6 Å². The van der Waals surface area contributed by atoms with E-state index in [2.05, 4.69) is 32.4 Å². The van der Waals surface area contributed by atoms with Gasteiger partial charge in [-0.25, -0.2) is 0 Å². The Morgan fingerprint density at radius 2 is 1.23 bits per heavy atom. The third-order valence-electron chi connectivity index (χ3n) is 10.5. The number of aliphatic hydroxyl groups excluding tert-OH is 2. The van der Waals surface area contributed by atoms with Gasteiger partial charge < -0.3 is 45.0 Å². The molecule has 2 aromatic heterocycles. The van der Waals surface area contributed by atoms with Crippen molar-refractivity contribution >= 4 is 41.6 Å². The minimum atomic E-state index is -1.08. The summed E-state index contributed by atoms with van der Waals surface area (Å²) < 4.78 is 25.0. The summed E-state index contributed by atoms with van der Waals surface area (Å²) in [5, 5.41) is 40.2. The van der Waals surface area contributed by atoms with Gasteiger partial charge in [-0.05, 0) is 77.9 Å². The molecular weight excluding hydrogens is 857 g/mol. The largest absolute Gasteiger partial charge is 0.488 e. The van der Waals surface area contributed by atoms with Gasteiger partial charge in [-0.3, -0.25) is 19.8 Å². The maximum Gasteiger partial charge on any atom is 0.320 e. The molecule has 4 aromatic carbocycles. The van der Waals surface area contributed by atoms with Crippen LogP contribution in [-0.2, 0) is 44.4 Å². The molecule has 5 N–H and O–H groups in total. The molecule has 0 aliphatic carbocycles. The normalized spacial score (nSPS) is 11.7. The van der Waals surface area contributed by atoms with Crippen molar-refractivity contribution in [2.45, 2.75) is 65.9 Å². The van der Waals surface area contributed by atoms with E-state index in [0.717, 1.165) is 50.1 Å². The van der Waals surface area contributed by atoms with Gasteiger partial charge in [-0.1, -0.05) is 59.6 Å². The van der Waals surface area contributed by atoms with Gasteiger partial charge in [0.1, 0.15) is 55.5 Å². The van der Waals surface area contributed by atoms with Gasteiger partial charge in [0.25, 0.3) is 0 Å². The lowest BCUT2D eigenvalue weighted by atomic mass is 9.92. The van der Waals surface area contributed by atoms with Crippen LogP contribution in [0.4, 0.5) is 0 Å². The molecule has 1 atom stereocenters. The van der Waals surface area contributed by atoms with Crippen LogP contribution in [0.15, 0.2) is 103 Å². The van der Waals surface area contributed by atoms with Crippen molar-refractivity contribution in [1.29, 1.82) is 5.41 Å². The van der Waals surface area contributed by atoms with Crippen LogP contribution < -0.4 is 24.3 Å². The van der Waals surface area contributed by atoms with Gasteiger partial charge >= 0.3 is 5.97 Å². The molecule has 6 aromatic rings. The van der Waals surface area contributed by atoms with Crippen LogP contribution in [0, 0.1) is 19.3 Å². The number of nitrogens with zero attached hydrogens (tertiary/aromatic N) is 3. The lowest BCUT2D eigenvalue weighted by Crippen LogP contribution is -2.37. The molecule has 15 heteroatoms. The predicted octanol–water partition coefficient (Wildman–Crippen LogP) is 8.85. The number of halogens is 2. The Morgan fingerprint density at radius 1 is 0.719 bits per heavy atom. The molecule has 0 aliphatic heterocycles. The molecule has 0 aliphatic rings. The fourth-order valence-corrected chi connectivity index (χ4v) is 7.43. The summed E-state index contributed by atoms with van der Waals surface area (Å²) in [6.07, 6.45) is 9.59. The monoisotopic (exact) mass is 905 g/mol. The minimum absolute atomic E-state index is 0.0314. The number of aliphatic imine (C=N–C) groups is 1. The van der Waals surface area contributed by atoms with Crippen LogP contribution in [0.1, 0.15) is 62.1 Å². The number of ether oxygens (including phenoxy) is 4. The highest BCUT2D eigenvalue weighted by Gasteiger charge is 2.20. The summed E-state index contributed by atoms with van der Waals surface area (Å²) in [7, 11) is 1.68. The van der Waals surface area contributed by atoms with Crippen molar-refractivity contribution in [2.24, 2.45) is 4.99 Å². The number of carboxylic acids is 1. The number of aliphatic carboxylic acids is 1. The number of aromatic nitrogens is 2. The molecule has 0 amide bonds. The Kier molecular flexibility index (Phi) is 16.8. The van der Waals surface area contributed by atoms with E-state index in [0.29, 0.717) is 49.7 Å². The maximum absolute atomic E-state index is 11.8. The Bertz CT molecular complexity index is 2620. The summed E-state index contributed by atoms with van der Waals surface area (Å²) in [6.45, 7) is 4.37. The van der Waals surface area contributed by atoms with Gasteiger partial charge in [-0.2, -0.15) is 0 Å². The summed E-state index contributed by atoms with van der Waals surface area (Å²) >= 11 is 13.4. The highest BCUT2D eigenvalue weighted by Crippen LogP contribution is 2.37. The zero-order valence-corrected chi connectivity index (χ0v) is 37.1. The van der Waals surface area contributed by atoms with E-state index in [9.17, 15) is 20.1 Å². The number of aliphatic hydroxyl groups is 2. The number of benzene rings is 4. The van der Waals surface area contributed by atoms with E-state index in [1.165, 1.54) is 6.21 Å². The van der Waals surface area contributed by atoms with Gasteiger partial charge in [-0.15, -0.1) is 0 Å². The molecule has 0 fully saturated rings. The number of carbonyl (C=O) groups is 1. The highest BCUT2D eigenvalue weighted by atomic mass is 35.5. The average molecular weight is 907 g/mol. The van der Waals surface area contributed by atoms with Crippen molar-refractivity contribution in [1.82, 2.24) is 15.3 Å². The molecule has 0 saturated heterocycles. The second-order valence-electron chi connectivity index (χ2n) is 14.8. The van der Waals surface area contributed by atoms with Crippen molar-refractivity contribution in [2.75, 3.05) is 13.7 Å². The minimum Gasteiger partial charge on any atom is -0.488 e. The zero-order chi connectivity index (χ0) is 45.6. The van der Waals surface area contributed by atoms with E-state index in [-0.39, 0.29) is 52.6 Å². The van der Waals surface area contributed by atoms with E-state index < -0.39 is 12.0 Å². The first-order valence-corrected chi connectivity index (χ1v) is 21.1. The Balaban J connectivity index is 1.19. The van der Waals surface area contributed by atoms with Gasteiger partial charge in [0, 0.05) is 103 Å². The second kappa shape index (κ2) is 22.8. The predicted molar refractivity (Wildman–Crippen MR) is 247 cm³/mol. The third kappa shape index (κ3) is 12.2. The van der Waals surface area contributed by atoms with Gasteiger partial charge in [0.15, 0.2) is 0 Å². The Hall–Kier alpha value is -6.35. The molecule has 0 radical (unpaired) electrons. The molecule has 64 heavy (non-hydrogen) atoms. The van der Waals surface area contributed by atoms with Crippen molar-refractivity contribution in [3.05, 3.63) is 163 Å². The molecular formula is C49H49Cl2N5O8. The number of hydrogen-bond donors (Lipinski definition) is 5. The van der Waals surface area contributed by atoms with Gasteiger partial charge in [0.05, 0.1) is 16.7 Å². The average Bonchev–Trinajstić information content (AvgIpc) is 3.29. The zero-order valence-electron chi connectivity index (χ0n) is 35.6. The summed E-state index contributed by atoms with van der Waals surface area (Å²) in [5.41, 5.74) is 10.1. The summed E-state index contributed by atoms with van der Waals surface area (Å²) in [4.78, 5) is 24.3. The standard InChI is InChI=1S/C49H49Cl2N5O8/c1-30-36(28-63-47-16-45(61-27-35-13-33(19-53-3)21-55-23-35)38(14-42(47)50)24-56-44(10-11-57)49(59)60)6-4-8-40(30)41-9-5-7-37(31(41)2)29-64-48-17-46(39(25-58)15-43(48)51)62-26-34-12-32(18-52)20-54-22-34/h4-9,12-23,44,52,56-58H,10-11,24-29H2,1-3H3,(H,59,60)/t44-/m0/s1. The SMILES string of the molecule is CN=Cc1cncc(COc2cc(OCc3cccc(-c4cccc(COc5cc(OCc6cncc(C=N)c6)c(CO)cc5Cl)c4C)c3C)c(Cl)cc2CN[C@@H](CCO)C(=O)O)c1. The van der Waals surface area contributed by atoms with Crippen molar-refractivity contribution in [3.8, 4) is 34.1 Å². The highest BCUT2D eigenvalue weighted by molar-refractivity contribution is 6.32. The van der Waals surface area contributed by atoms with Crippen LogP contribution in [0.3, 0.4) is 0 Å². The maximum atomic E-state index is 11.8. The molecule has 0 spiro atoms. The van der Waals surface area contributed by atoms with Crippen LogP contribution >= 0.6 is 23.2 Å². The first-order valence-electron chi connectivity index (χ1n) is 20.3. The molecule has 6 rings (SSSR count). The molecule has 2 heterocycles. The molecule has 0 unspecified atom stereocenters. The summed E-state index contributed by atoms with van der Waals surface area (Å²) in [6, 6.07) is 21.5. The van der Waals surface area contributed by atoms with E-state index in [1.54, 1.807) is 68.4 Å². The second-order valence-corrected chi connectivity index (χ2v) is 15.7. The number of pyridine rings is 2. The van der Waals surface area contributed by atoms with E-state index >= 15 is 0 Å². The first-order chi connectivity index (χ1) is 31.0. The molecule has 0 saturated carbocycles. The summed E-state index contributed by atoms with van der Waals surface area (Å²) in [5.74, 6) is 0.557. The Morgan fingerprint density at radius 3 is 1.75 bits per heavy atom. The van der Waals surface area contributed by atoms with Gasteiger partial charge in [0.2, 0.25) is 0 Å². The van der Waals surface area contributed by atoms with Crippen LogP contribution in [0.25, 0.3) is 11.1 Å². The molecule has 0 bridgehead atoms. The fraction of sp³-hybridized carbons (Fsp3) is 0.245. The van der Waals surface area contributed by atoms with Crippen LogP contribution in [0.5, 0.6) is 23.0 Å². The first kappa shape index (κ1) is 47.1. The number of rotatable bonds is 22. The quantitative estimate of drug-likeness (QED) is 0.0410. The number of nitrogens with one attached hydrogen (secondary N) is 2. The molecule has 13 nitrogen and oxygen atoms in total. The van der Waals surface area contributed by atoms with E-state index in [1.807, 2.05) is 44.2 Å². The van der Waals surface area contributed by atoms with Crippen LogP contribution in [-0.4, -0.2) is 63.4 Å². The topological polar surface area (TPSA) is 189 Å². The smallest absolute Gasteiger partial charge is 0.320 e. The number of carboxylic acid groups (broad SMARTS) is 1. The molecule has 332 valence electrons.